The van der Waals surface area contributed by atoms with Crippen LogP contribution >= 0.6 is 0 Å². The van der Waals surface area contributed by atoms with Crippen molar-refractivity contribution in [3.8, 4) is 12.3 Å². The van der Waals surface area contributed by atoms with Gasteiger partial charge in [0, 0.05) is 7.11 Å². The lowest BCUT2D eigenvalue weighted by atomic mass is 9.95. The second kappa shape index (κ2) is 4.15. The average molecular weight is 154 g/mol. The van der Waals surface area contributed by atoms with Crippen LogP contribution in [0.4, 0.5) is 0 Å². The Kier molecular flexibility index (Phi) is 3.84. The largest absolute Gasteiger partial charge is 0.371 e. The molecule has 0 spiro atoms. The number of terminal acetylenes is 1. The molecule has 0 radical (unpaired) electrons. The van der Waals surface area contributed by atoms with Crippen molar-refractivity contribution in [1.29, 1.82) is 0 Å². The van der Waals surface area contributed by atoms with Gasteiger partial charge >= 0.3 is 0 Å². The van der Waals surface area contributed by atoms with E-state index in [1.165, 1.54) is 7.11 Å². The van der Waals surface area contributed by atoms with Gasteiger partial charge in [0.1, 0.15) is 5.60 Å². The molecule has 0 N–H and O–H groups in total. The van der Waals surface area contributed by atoms with Gasteiger partial charge in [-0.05, 0) is 13.3 Å². The SMILES string of the molecule is C#CCC(=O)C(C)(CC)OC. The Labute approximate surface area is 67.9 Å². The Morgan fingerprint density at radius 2 is 2.27 bits per heavy atom. The minimum atomic E-state index is -0.688. The predicted octanol–water partition coefficient (Wildman–Crippen LogP) is 1.39. The smallest absolute Gasteiger partial charge is 0.176 e. The number of carbonyl (C=O) groups excluding carboxylic acids is 1. The van der Waals surface area contributed by atoms with Crippen molar-refractivity contribution in [1.82, 2.24) is 0 Å². The molecule has 1 unspecified atom stereocenters. The van der Waals surface area contributed by atoms with Gasteiger partial charge in [0.2, 0.25) is 0 Å². The lowest BCUT2D eigenvalue weighted by molar-refractivity contribution is -0.138. The quantitative estimate of drug-likeness (QED) is 0.572. The highest BCUT2D eigenvalue weighted by Gasteiger charge is 2.29. The zero-order valence-corrected chi connectivity index (χ0v) is 7.31. The molecule has 0 rings (SSSR count). The van der Waals surface area contributed by atoms with Crippen molar-refractivity contribution in [2.45, 2.75) is 32.3 Å². The molecular weight excluding hydrogens is 140 g/mol. The second-order valence-corrected chi connectivity index (χ2v) is 2.59. The third-order valence-corrected chi connectivity index (χ3v) is 1.98. The van der Waals surface area contributed by atoms with E-state index in [1.807, 2.05) is 6.92 Å². The minimum absolute atomic E-state index is 0.0231. The van der Waals surface area contributed by atoms with Crippen molar-refractivity contribution in [3.63, 3.8) is 0 Å². The zero-order valence-electron chi connectivity index (χ0n) is 7.31. The van der Waals surface area contributed by atoms with E-state index in [0.717, 1.165) is 0 Å². The average Bonchev–Trinajstić information content (AvgIpc) is 2.03. The molecule has 2 heteroatoms. The van der Waals surface area contributed by atoms with Crippen molar-refractivity contribution in [2.24, 2.45) is 0 Å². The second-order valence-electron chi connectivity index (χ2n) is 2.59. The monoisotopic (exact) mass is 154 g/mol. The van der Waals surface area contributed by atoms with E-state index in [0.29, 0.717) is 6.42 Å². The fraction of sp³-hybridized carbons (Fsp3) is 0.667. The van der Waals surface area contributed by atoms with Gasteiger partial charge in [-0.2, -0.15) is 0 Å². The van der Waals surface area contributed by atoms with Gasteiger partial charge < -0.3 is 4.74 Å². The van der Waals surface area contributed by atoms with Crippen LogP contribution in [0.15, 0.2) is 0 Å². The molecule has 0 aliphatic heterocycles. The maximum atomic E-state index is 11.3. The molecule has 0 saturated carbocycles. The molecule has 0 aromatic heterocycles. The first-order valence-corrected chi connectivity index (χ1v) is 3.62. The Morgan fingerprint density at radius 3 is 2.55 bits per heavy atom. The third-order valence-electron chi connectivity index (χ3n) is 1.98. The Bertz CT molecular complexity index is 172. The Balaban J connectivity index is 4.27. The van der Waals surface area contributed by atoms with E-state index >= 15 is 0 Å². The van der Waals surface area contributed by atoms with Gasteiger partial charge in [0.15, 0.2) is 5.78 Å². The molecule has 0 fully saturated rings. The summed E-state index contributed by atoms with van der Waals surface area (Å²) in [5.74, 6) is 2.29. The maximum absolute atomic E-state index is 11.3. The zero-order chi connectivity index (χ0) is 8.91. The first-order chi connectivity index (χ1) is 5.10. The lowest BCUT2D eigenvalue weighted by Crippen LogP contribution is -2.36. The highest BCUT2D eigenvalue weighted by Crippen LogP contribution is 2.16. The van der Waals surface area contributed by atoms with E-state index in [9.17, 15) is 4.79 Å². The normalized spacial score (nSPS) is 15.1. The summed E-state index contributed by atoms with van der Waals surface area (Å²) in [7, 11) is 1.53. The van der Waals surface area contributed by atoms with Crippen molar-refractivity contribution in [3.05, 3.63) is 0 Å². The summed E-state index contributed by atoms with van der Waals surface area (Å²) in [6.07, 6.45) is 5.82. The molecule has 11 heavy (non-hydrogen) atoms. The fourth-order valence-electron chi connectivity index (χ4n) is 0.735. The molecule has 0 amide bonds. The molecule has 1 atom stereocenters. The van der Waals surface area contributed by atoms with E-state index in [4.69, 9.17) is 11.2 Å². The van der Waals surface area contributed by atoms with Crippen LogP contribution in [0, 0.1) is 12.3 Å². The molecule has 0 aromatic carbocycles. The van der Waals surface area contributed by atoms with E-state index in [-0.39, 0.29) is 12.2 Å². The highest BCUT2D eigenvalue weighted by atomic mass is 16.5. The van der Waals surface area contributed by atoms with Crippen molar-refractivity contribution < 1.29 is 9.53 Å². The minimum Gasteiger partial charge on any atom is -0.371 e. The highest BCUT2D eigenvalue weighted by molar-refractivity contribution is 5.88. The topological polar surface area (TPSA) is 26.3 Å². The number of carbonyl (C=O) groups is 1. The first-order valence-electron chi connectivity index (χ1n) is 3.62. The number of methoxy groups -OCH3 is 1. The number of rotatable bonds is 4. The van der Waals surface area contributed by atoms with Crippen LogP contribution in [-0.4, -0.2) is 18.5 Å². The summed E-state index contributed by atoms with van der Waals surface area (Å²) in [5.41, 5.74) is -0.688. The molecule has 0 heterocycles. The summed E-state index contributed by atoms with van der Waals surface area (Å²) in [4.78, 5) is 11.3. The van der Waals surface area contributed by atoms with E-state index in [1.54, 1.807) is 6.92 Å². The Morgan fingerprint density at radius 1 is 1.73 bits per heavy atom. The number of Topliss-reactive ketones (excluding diaryl/α,β-unsaturated/α-hetero) is 1. The number of ether oxygens (including phenoxy) is 1. The van der Waals surface area contributed by atoms with Crippen LogP contribution in [0.2, 0.25) is 0 Å². The third kappa shape index (κ3) is 2.36. The molecule has 0 aliphatic rings. The first kappa shape index (κ1) is 10.2. The standard InChI is InChI=1S/C9H14O2/c1-5-7-8(10)9(3,6-2)11-4/h1H,6-7H2,2-4H3. The van der Waals surface area contributed by atoms with Gasteiger partial charge in [-0.15, -0.1) is 6.42 Å². The number of hydrogen-bond donors (Lipinski definition) is 0. The summed E-state index contributed by atoms with van der Waals surface area (Å²) in [5, 5.41) is 0. The van der Waals surface area contributed by atoms with Gasteiger partial charge in [-0.3, -0.25) is 4.79 Å². The van der Waals surface area contributed by atoms with Crippen LogP contribution < -0.4 is 0 Å². The molecule has 0 aliphatic carbocycles. The fourth-order valence-corrected chi connectivity index (χ4v) is 0.735. The van der Waals surface area contributed by atoms with Crippen LogP contribution in [0.25, 0.3) is 0 Å². The van der Waals surface area contributed by atoms with E-state index in [2.05, 4.69) is 5.92 Å². The molecule has 0 aromatic rings. The van der Waals surface area contributed by atoms with Crippen LogP contribution in [-0.2, 0) is 9.53 Å². The molecule has 2 nitrogen and oxygen atoms in total. The number of ketones is 1. The van der Waals surface area contributed by atoms with Gasteiger partial charge in [0.25, 0.3) is 0 Å². The van der Waals surface area contributed by atoms with Crippen LogP contribution in [0.1, 0.15) is 26.7 Å². The Hall–Kier alpha value is -0.810. The maximum Gasteiger partial charge on any atom is 0.176 e. The molecule has 0 bridgehead atoms. The predicted molar refractivity (Wildman–Crippen MR) is 44.2 cm³/mol. The molecular formula is C9H14O2. The van der Waals surface area contributed by atoms with Gasteiger partial charge in [-0.25, -0.2) is 0 Å². The van der Waals surface area contributed by atoms with Gasteiger partial charge in [-0.1, -0.05) is 12.8 Å². The summed E-state index contributed by atoms with van der Waals surface area (Å²) >= 11 is 0. The molecule has 0 saturated heterocycles. The summed E-state index contributed by atoms with van der Waals surface area (Å²) < 4.78 is 5.06. The summed E-state index contributed by atoms with van der Waals surface area (Å²) in [6.45, 7) is 3.66. The van der Waals surface area contributed by atoms with Gasteiger partial charge in [0.05, 0.1) is 6.42 Å². The molecule has 62 valence electrons. The van der Waals surface area contributed by atoms with Crippen LogP contribution in [0.5, 0.6) is 0 Å². The van der Waals surface area contributed by atoms with Crippen molar-refractivity contribution in [2.75, 3.05) is 7.11 Å². The summed E-state index contributed by atoms with van der Waals surface area (Å²) in [6, 6.07) is 0. The van der Waals surface area contributed by atoms with Crippen LogP contribution in [0.3, 0.4) is 0 Å². The van der Waals surface area contributed by atoms with Crippen molar-refractivity contribution >= 4 is 5.78 Å². The van der Waals surface area contributed by atoms with E-state index < -0.39 is 5.60 Å². The number of hydrogen-bond acceptors (Lipinski definition) is 2. The lowest BCUT2D eigenvalue weighted by Gasteiger charge is -2.23.